The predicted molar refractivity (Wildman–Crippen MR) is 98.9 cm³/mol. The van der Waals surface area contributed by atoms with Gasteiger partial charge in [0.05, 0.1) is 5.52 Å². The highest BCUT2D eigenvalue weighted by Crippen LogP contribution is 2.28. The first-order chi connectivity index (χ1) is 12.5. The maximum atomic E-state index is 13.2. The van der Waals surface area contributed by atoms with Gasteiger partial charge in [-0.25, -0.2) is 14.4 Å². The van der Waals surface area contributed by atoms with Crippen LogP contribution in [0, 0.1) is 12.7 Å². The van der Waals surface area contributed by atoms with Gasteiger partial charge in [0.2, 0.25) is 5.91 Å². The molecular weight excluding hydrogens is 355 g/mol. The Balaban J connectivity index is 1.71. The van der Waals surface area contributed by atoms with Crippen molar-refractivity contribution in [2.75, 3.05) is 5.32 Å². The zero-order valence-electron chi connectivity index (χ0n) is 13.7. The van der Waals surface area contributed by atoms with Gasteiger partial charge in [-0.2, -0.15) is 0 Å². The summed E-state index contributed by atoms with van der Waals surface area (Å²) >= 11 is 1.26. The SMILES string of the molecule is Cc1nc2c(sc3ncccc32)c(=O)n1CC(=O)Nc1cccc(F)c1. The topological polar surface area (TPSA) is 76.9 Å². The average molecular weight is 368 g/mol. The Morgan fingerprint density at radius 1 is 1.31 bits per heavy atom. The smallest absolute Gasteiger partial charge is 0.272 e. The maximum Gasteiger partial charge on any atom is 0.272 e. The summed E-state index contributed by atoms with van der Waals surface area (Å²) < 4.78 is 15.0. The van der Waals surface area contributed by atoms with Crippen LogP contribution in [0.2, 0.25) is 0 Å². The van der Waals surface area contributed by atoms with Crippen molar-refractivity contribution in [3.05, 3.63) is 64.6 Å². The molecular formula is C18H13FN4O2S. The maximum absolute atomic E-state index is 13.2. The second kappa shape index (κ2) is 6.30. The third-order valence-electron chi connectivity index (χ3n) is 3.95. The molecule has 26 heavy (non-hydrogen) atoms. The van der Waals surface area contributed by atoms with Crippen LogP contribution in [0.25, 0.3) is 20.4 Å². The Labute approximate surface area is 150 Å². The molecule has 0 aliphatic carbocycles. The van der Waals surface area contributed by atoms with Crippen LogP contribution in [-0.4, -0.2) is 20.4 Å². The summed E-state index contributed by atoms with van der Waals surface area (Å²) in [7, 11) is 0. The summed E-state index contributed by atoms with van der Waals surface area (Å²) in [6.45, 7) is 1.47. The van der Waals surface area contributed by atoms with E-state index >= 15 is 0 Å². The number of pyridine rings is 1. The molecule has 1 aromatic carbocycles. The highest BCUT2D eigenvalue weighted by atomic mass is 32.1. The van der Waals surface area contributed by atoms with Crippen molar-refractivity contribution in [2.45, 2.75) is 13.5 Å². The zero-order valence-corrected chi connectivity index (χ0v) is 14.5. The first kappa shape index (κ1) is 16.3. The number of anilines is 1. The number of carbonyl (C=O) groups is 1. The quantitative estimate of drug-likeness (QED) is 0.603. The Kier molecular flexibility index (Phi) is 3.96. The molecule has 1 N–H and O–H groups in total. The van der Waals surface area contributed by atoms with Gasteiger partial charge in [0.15, 0.2) is 0 Å². The lowest BCUT2D eigenvalue weighted by Gasteiger charge is -2.10. The fraction of sp³-hybridized carbons (Fsp3) is 0.111. The van der Waals surface area contributed by atoms with Crippen LogP contribution in [-0.2, 0) is 11.3 Å². The number of halogens is 1. The number of hydrogen-bond acceptors (Lipinski definition) is 5. The summed E-state index contributed by atoms with van der Waals surface area (Å²) in [4.78, 5) is 34.6. The van der Waals surface area contributed by atoms with Gasteiger partial charge in [-0.1, -0.05) is 6.07 Å². The van der Waals surface area contributed by atoms with E-state index in [0.717, 1.165) is 10.2 Å². The summed E-state index contributed by atoms with van der Waals surface area (Å²) in [5.41, 5.74) is 0.646. The number of aryl methyl sites for hydroxylation is 1. The highest BCUT2D eigenvalue weighted by Gasteiger charge is 2.16. The molecule has 4 rings (SSSR count). The van der Waals surface area contributed by atoms with Crippen LogP contribution in [0.3, 0.4) is 0 Å². The number of nitrogens with zero attached hydrogens (tertiary/aromatic N) is 3. The minimum absolute atomic E-state index is 0.203. The fourth-order valence-corrected chi connectivity index (χ4v) is 3.80. The van der Waals surface area contributed by atoms with Crippen molar-refractivity contribution in [2.24, 2.45) is 0 Å². The molecule has 4 aromatic rings. The number of thiophene rings is 1. The standard InChI is InChI=1S/C18H13FN4O2S/c1-10-21-15-13-6-3-7-20-17(13)26-16(15)18(25)23(10)9-14(24)22-12-5-2-4-11(19)8-12/h2-8H,9H2,1H3,(H,22,24). The number of aromatic nitrogens is 3. The molecule has 0 unspecified atom stereocenters. The Hall–Kier alpha value is -3.13. The lowest BCUT2D eigenvalue weighted by Crippen LogP contribution is -2.29. The van der Waals surface area contributed by atoms with Gasteiger partial charge in [-0.3, -0.25) is 14.2 Å². The number of fused-ring (bicyclic) bond motifs is 3. The zero-order chi connectivity index (χ0) is 18.3. The summed E-state index contributed by atoms with van der Waals surface area (Å²) in [6, 6.07) is 9.25. The number of rotatable bonds is 3. The highest BCUT2D eigenvalue weighted by molar-refractivity contribution is 7.25. The Morgan fingerprint density at radius 2 is 2.15 bits per heavy atom. The van der Waals surface area contributed by atoms with Gasteiger partial charge in [0.1, 0.15) is 27.7 Å². The molecule has 0 saturated heterocycles. The van der Waals surface area contributed by atoms with E-state index in [-0.39, 0.29) is 12.1 Å². The first-order valence-corrected chi connectivity index (χ1v) is 8.64. The second-order valence-corrected chi connectivity index (χ2v) is 6.74. The van der Waals surface area contributed by atoms with Gasteiger partial charge in [0, 0.05) is 17.3 Å². The molecule has 0 spiro atoms. The Bertz CT molecular complexity index is 1210. The van der Waals surface area contributed by atoms with Crippen LogP contribution in [0.1, 0.15) is 5.82 Å². The van der Waals surface area contributed by atoms with Crippen LogP contribution in [0.5, 0.6) is 0 Å². The normalized spacial score (nSPS) is 11.2. The molecule has 130 valence electrons. The van der Waals surface area contributed by atoms with Crippen LogP contribution in [0.4, 0.5) is 10.1 Å². The van der Waals surface area contributed by atoms with E-state index in [4.69, 9.17) is 0 Å². The third-order valence-corrected chi connectivity index (χ3v) is 5.04. The molecule has 1 amide bonds. The van der Waals surface area contributed by atoms with Gasteiger partial charge >= 0.3 is 0 Å². The largest absolute Gasteiger partial charge is 0.324 e. The second-order valence-electron chi connectivity index (χ2n) is 5.74. The third kappa shape index (κ3) is 2.84. The van der Waals surface area contributed by atoms with E-state index < -0.39 is 11.7 Å². The summed E-state index contributed by atoms with van der Waals surface area (Å²) in [5, 5.41) is 3.41. The lowest BCUT2D eigenvalue weighted by molar-refractivity contribution is -0.116. The average Bonchev–Trinajstić information content (AvgIpc) is 2.97. The lowest BCUT2D eigenvalue weighted by atomic mass is 10.3. The van der Waals surface area contributed by atoms with Crippen molar-refractivity contribution in [3.63, 3.8) is 0 Å². The number of carbonyl (C=O) groups excluding carboxylic acids is 1. The van der Waals surface area contributed by atoms with Crippen molar-refractivity contribution >= 4 is 43.4 Å². The van der Waals surface area contributed by atoms with E-state index in [2.05, 4.69) is 15.3 Å². The monoisotopic (exact) mass is 368 g/mol. The van der Waals surface area contributed by atoms with Crippen LogP contribution in [0.15, 0.2) is 47.4 Å². The minimum atomic E-state index is -0.447. The van der Waals surface area contributed by atoms with Gasteiger partial charge in [-0.15, -0.1) is 11.3 Å². The van der Waals surface area contributed by atoms with Crippen LogP contribution < -0.4 is 10.9 Å². The number of benzene rings is 1. The number of amides is 1. The summed E-state index contributed by atoms with van der Waals surface area (Å²) in [5.74, 6) is -0.446. The van der Waals surface area contributed by atoms with E-state index in [1.54, 1.807) is 25.3 Å². The van der Waals surface area contributed by atoms with Crippen molar-refractivity contribution in [3.8, 4) is 0 Å². The molecule has 0 atom stereocenters. The Morgan fingerprint density at radius 3 is 2.96 bits per heavy atom. The van der Waals surface area contributed by atoms with E-state index in [9.17, 15) is 14.0 Å². The van der Waals surface area contributed by atoms with Crippen LogP contribution >= 0.6 is 11.3 Å². The van der Waals surface area contributed by atoms with Crippen molar-refractivity contribution in [1.82, 2.24) is 14.5 Å². The predicted octanol–water partition coefficient (Wildman–Crippen LogP) is 3.09. The molecule has 0 bridgehead atoms. The van der Waals surface area contributed by atoms with Gasteiger partial charge < -0.3 is 5.32 Å². The molecule has 3 aromatic heterocycles. The number of hydrogen-bond donors (Lipinski definition) is 1. The molecule has 3 heterocycles. The van der Waals surface area contributed by atoms with Crippen molar-refractivity contribution in [1.29, 1.82) is 0 Å². The first-order valence-electron chi connectivity index (χ1n) is 7.83. The molecule has 8 heteroatoms. The van der Waals surface area contributed by atoms with E-state index in [0.29, 0.717) is 21.7 Å². The molecule has 0 fully saturated rings. The van der Waals surface area contributed by atoms with E-state index in [1.807, 2.05) is 6.07 Å². The molecule has 0 saturated carbocycles. The summed E-state index contributed by atoms with van der Waals surface area (Å²) in [6.07, 6.45) is 1.66. The molecule has 0 radical (unpaired) electrons. The minimum Gasteiger partial charge on any atom is -0.324 e. The van der Waals surface area contributed by atoms with E-state index in [1.165, 1.54) is 34.1 Å². The molecule has 6 nitrogen and oxygen atoms in total. The van der Waals surface area contributed by atoms with Gasteiger partial charge in [-0.05, 0) is 37.3 Å². The van der Waals surface area contributed by atoms with Crippen molar-refractivity contribution < 1.29 is 9.18 Å². The fourth-order valence-electron chi connectivity index (χ4n) is 2.76. The number of nitrogens with one attached hydrogen (secondary N) is 1. The molecule has 0 aliphatic rings. The van der Waals surface area contributed by atoms with Gasteiger partial charge in [0.25, 0.3) is 5.56 Å². The molecule has 0 aliphatic heterocycles.